The van der Waals surface area contributed by atoms with Crippen molar-refractivity contribution in [2.75, 3.05) is 0 Å². The summed E-state index contributed by atoms with van der Waals surface area (Å²) in [6, 6.07) is 2.21. The third-order valence-corrected chi connectivity index (χ3v) is 5.72. The number of amides is 1. The van der Waals surface area contributed by atoms with Gasteiger partial charge in [0.1, 0.15) is 0 Å². The predicted octanol–water partition coefficient (Wildman–Crippen LogP) is 1.76. The minimum atomic E-state index is -0.106. The standard InChI is InChI=1S/C18H27N3O2/c1-10-6-11(2)21-18(23)15(10)9-20-17(22)14-7-12-4-3-5-13(8-14)16(12)19/h6,12-14,16H,3-5,7-9,19H2,1-2H3,(H,20,22)(H,21,23). The Balaban J connectivity index is 1.63. The largest absolute Gasteiger partial charge is 0.352 e. The molecule has 1 heterocycles. The fourth-order valence-corrected chi connectivity index (χ4v) is 4.42. The molecule has 2 aliphatic rings. The molecular weight excluding hydrogens is 290 g/mol. The van der Waals surface area contributed by atoms with Gasteiger partial charge >= 0.3 is 0 Å². The minimum Gasteiger partial charge on any atom is -0.352 e. The number of pyridine rings is 1. The summed E-state index contributed by atoms with van der Waals surface area (Å²) in [6.07, 6.45) is 5.34. The molecule has 2 unspecified atom stereocenters. The van der Waals surface area contributed by atoms with Crippen molar-refractivity contribution < 1.29 is 4.79 Å². The monoisotopic (exact) mass is 317 g/mol. The van der Waals surface area contributed by atoms with Crippen molar-refractivity contribution in [1.82, 2.24) is 10.3 Å². The van der Waals surface area contributed by atoms with Gasteiger partial charge in [0.2, 0.25) is 5.91 Å². The Hall–Kier alpha value is -1.62. The zero-order valence-corrected chi connectivity index (χ0v) is 14.0. The van der Waals surface area contributed by atoms with Gasteiger partial charge in [-0.3, -0.25) is 9.59 Å². The minimum absolute atomic E-state index is 0.0509. The second-order valence-corrected chi connectivity index (χ2v) is 7.36. The van der Waals surface area contributed by atoms with Crippen molar-refractivity contribution in [3.05, 3.63) is 33.2 Å². The first-order valence-corrected chi connectivity index (χ1v) is 8.68. The molecule has 0 spiro atoms. The molecule has 0 aromatic carbocycles. The number of fused-ring (bicyclic) bond motifs is 2. The Kier molecular flexibility index (Phi) is 4.57. The van der Waals surface area contributed by atoms with Crippen LogP contribution in [-0.4, -0.2) is 16.9 Å². The SMILES string of the molecule is Cc1cc(C)c(CNC(=O)C2CC3CCCC(C2)C3N)c(=O)[nH]1. The van der Waals surface area contributed by atoms with Crippen molar-refractivity contribution in [3.8, 4) is 0 Å². The fraction of sp³-hybridized carbons (Fsp3) is 0.667. The van der Waals surface area contributed by atoms with E-state index in [2.05, 4.69) is 10.3 Å². The van der Waals surface area contributed by atoms with E-state index in [1.807, 2.05) is 19.9 Å². The molecule has 126 valence electrons. The molecule has 0 radical (unpaired) electrons. The van der Waals surface area contributed by atoms with E-state index >= 15 is 0 Å². The van der Waals surface area contributed by atoms with Crippen molar-refractivity contribution in [3.63, 3.8) is 0 Å². The fourth-order valence-electron chi connectivity index (χ4n) is 4.42. The number of aromatic nitrogens is 1. The number of aryl methyl sites for hydroxylation is 2. The number of H-pyrrole nitrogens is 1. The van der Waals surface area contributed by atoms with Crippen LogP contribution in [0.1, 0.15) is 48.9 Å². The van der Waals surface area contributed by atoms with Crippen LogP contribution in [0.3, 0.4) is 0 Å². The summed E-state index contributed by atoms with van der Waals surface area (Å²) in [7, 11) is 0. The maximum atomic E-state index is 12.5. The molecule has 2 fully saturated rings. The summed E-state index contributed by atoms with van der Waals surface area (Å²) < 4.78 is 0. The first-order chi connectivity index (χ1) is 11.0. The van der Waals surface area contributed by atoms with Gasteiger partial charge < -0.3 is 16.0 Å². The first kappa shape index (κ1) is 16.2. The lowest BCUT2D eigenvalue weighted by molar-refractivity contribution is -0.128. The van der Waals surface area contributed by atoms with Crippen molar-refractivity contribution >= 4 is 5.91 Å². The number of hydrogen-bond acceptors (Lipinski definition) is 3. The van der Waals surface area contributed by atoms with E-state index in [1.165, 1.54) is 6.42 Å². The number of carbonyl (C=O) groups excluding carboxylic acids is 1. The Labute approximate surface area is 137 Å². The second-order valence-electron chi connectivity index (χ2n) is 7.36. The molecule has 3 rings (SSSR count). The quantitative estimate of drug-likeness (QED) is 0.794. The van der Waals surface area contributed by atoms with Crippen LogP contribution in [0.5, 0.6) is 0 Å². The molecule has 1 aromatic rings. The van der Waals surface area contributed by atoms with E-state index in [-0.39, 0.29) is 23.4 Å². The Morgan fingerprint density at radius 2 is 1.96 bits per heavy atom. The van der Waals surface area contributed by atoms with Gasteiger partial charge in [-0.25, -0.2) is 0 Å². The lowest BCUT2D eigenvalue weighted by Crippen LogP contribution is -2.49. The normalized spacial score (nSPS) is 30.0. The molecule has 1 amide bonds. The Bertz CT molecular complexity index is 638. The highest BCUT2D eigenvalue weighted by atomic mass is 16.2. The molecule has 2 aliphatic carbocycles. The van der Waals surface area contributed by atoms with E-state index in [1.54, 1.807) is 0 Å². The molecule has 0 saturated heterocycles. The van der Waals surface area contributed by atoms with Crippen molar-refractivity contribution in [1.29, 1.82) is 0 Å². The molecule has 2 bridgehead atoms. The zero-order valence-electron chi connectivity index (χ0n) is 14.0. The van der Waals surface area contributed by atoms with Crippen LogP contribution in [0, 0.1) is 31.6 Å². The van der Waals surface area contributed by atoms with E-state index in [0.717, 1.165) is 36.9 Å². The van der Waals surface area contributed by atoms with Gasteiger partial charge in [-0.15, -0.1) is 0 Å². The average molecular weight is 317 g/mol. The topological polar surface area (TPSA) is 88.0 Å². The first-order valence-electron chi connectivity index (χ1n) is 8.68. The molecule has 2 atom stereocenters. The van der Waals surface area contributed by atoms with Gasteiger partial charge in [-0.1, -0.05) is 6.42 Å². The third kappa shape index (κ3) is 3.34. The van der Waals surface area contributed by atoms with Gasteiger partial charge in [0.15, 0.2) is 0 Å². The number of nitrogens with one attached hydrogen (secondary N) is 2. The molecule has 2 saturated carbocycles. The molecule has 0 aliphatic heterocycles. The number of aromatic amines is 1. The molecule has 5 heteroatoms. The number of nitrogens with two attached hydrogens (primary N) is 1. The molecule has 5 nitrogen and oxygen atoms in total. The zero-order chi connectivity index (χ0) is 16.6. The van der Waals surface area contributed by atoms with Crippen LogP contribution in [0.2, 0.25) is 0 Å². The number of carbonyl (C=O) groups is 1. The van der Waals surface area contributed by atoms with E-state index < -0.39 is 0 Å². The summed E-state index contributed by atoms with van der Waals surface area (Å²) in [4.78, 5) is 27.4. The lowest BCUT2D eigenvalue weighted by Gasteiger charge is -2.43. The van der Waals surface area contributed by atoms with Crippen LogP contribution in [0.4, 0.5) is 0 Å². The van der Waals surface area contributed by atoms with Crippen LogP contribution in [0.25, 0.3) is 0 Å². The number of rotatable bonds is 3. The summed E-state index contributed by atoms with van der Waals surface area (Å²) in [6.45, 7) is 4.08. The Morgan fingerprint density at radius 1 is 1.30 bits per heavy atom. The predicted molar refractivity (Wildman–Crippen MR) is 89.9 cm³/mol. The Morgan fingerprint density at radius 3 is 2.57 bits per heavy atom. The van der Waals surface area contributed by atoms with Crippen molar-refractivity contribution in [2.45, 2.75) is 58.5 Å². The van der Waals surface area contributed by atoms with Crippen LogP contribution in [0.15, 0.2) is 10.9 Å². The molecular formula is C18H27N3O2. The van der Waals surface area contributed by atoms with Crippen LogP contribution < -0.4 is 16.6 Å². The van der Waals surface area contributed by atoms with Gasteiger partial charge in [0, 0.05) is 29.8 Å². The molecule has 1 aromatic heterocycles. The van der Waals surface area contributed by atoms with E-state index in [9.17, 15) is 9.59 Å². The lowest BCUT2D eigenvalue weighted by atomic mass is 9.65. The number of hydrogen-bond donors (Lipinski definition) is 3. The highest BCUT2D eigenvalue weighted by Crippen LogP contribution is 2.41. The molecule has 23 heavy (non-hydrogen) atoms. The van der Waals surface area contributed by atoms with Crippen molar-refractivity contribution in [2.24, 2.45) is 23.5 Å². The van der Waals surface area contributed by atoms with Crippen LogP contribution >= 0.6 is 0 Å². The van der Waals surface area contributed by atoms with Gasteiger partial charge in [-0.05, 0) is 63.0 Å². The van der Waals surface area contributed by atoms with Gasteiger partial charge in [-0.2, -0.15) is 0 Å². The summed E-state index contributed by atoms with van der Waals surface area (Å²) in [5.74, 6) is 1.11. The highest BCUT2D eigenvalue weighted by Gasteiger charge is 2.40. The summed E-state index contributed by atoms with van der Waals surface area (Å²) in [5, 5.41) is 2.97. The van der Waals surface area contributed by atoms with Crippen LogP contribution in [-0.2, 0) is 11.3 Å². The van der Waals surface area contributed by atoms with E-state index in [0.29, 0.717) is 23.9 Å². The summed E-state index contributed by atoms with van der Waals surface area (Å²) >= 11 is 0. The van der Waals surface area contributed by atoms with Gasteiger partial charge in [0.05, 0.1) is 0 Å². The highest BCUT2D eigenvalue weighted by molar-refractivity contribution is 5.78. The smallest absolute Gasteiger partial charge is 0.253 e. The maximum absolute atomic E-state index is 12.5. The second kappa shape index (κ2) is 6.48. The summed E-state index contributed by atoms with van der Waals surface area (Å²) in [5.41, 5.74) is 8.60. The average Bonchev–Trinajstić information content (AvgIpc) is 2.45. The molecule has 4 N–H and O–H groups in total. The van der Waals surface area contributed by atoms with Gasteiger partial charge in [0.25, 0.3) is 5.56 Å². The third-order valence-electron chi connectivity index (χ3n) is 5.72. The maximum Gasteiger partial charge on any atom is 0.253 e. The van der Waals surface area contributed by atoms with E-state index in [4.69, 9.17) is 5.73 Å².